The molecule has 1 aliphatic rings. The summed E-state index contributed by atoms with van der Waals surface area (Å²) in [6.45, 7) is 0. The summed E-state index contributed by atoms with van der Waals surface area (Å²) in [5, 5.41) is 8.46. The highest BCUT2D eigenvalue weighted by atomic mass is 15.0. The van der Waals surface area contributed by atoms with E-state index in [0.717, 1.165) is 22.0 Å². The van der Waals surface area contributed by atoms with Crippen LogP contribution in [0.5, 0.6) is 0 Å². The first kappa shape index (κ1) is 44.8. The molecule has 16 rings (SSSR count). The molecule has 0 saturated heterocycles. The van der Waals surface area contributed by atoms with E-state index in [1.165, 1.54) is 138 Å². The highest BCUT2D eigenvalue weighted by molar-refractivity contribution is 6.29. The number of fused-ring (bicyclic) bond motifs is 9. The molecule has 0 atom stereocenters. The Bertz CT molecular complexity index is 4610. The van der Waals surface area contributed by atoms with Gasteiger partial charge in [0.25, 0.3) is 0 Å². The number of rotatable bonds is 8. The van der Waals surface area contributed by atoms with Gasteiger partial charge in [0.1, 0.15) is 0 Å². The van der Waals surface area contributed by atoms with E-state index in [9.17, 15) is 0 Å². The summed E-state index contributed by atoms with van der Waals surface area (Å²) in [5.41, 5.74) is 26.3. The fraction of sp³-hybridized carbons (Fsp3) is 0. The van der Waals surface area contributed by atoms with E-state index in [4.69, 9.17) is 4.98 Å². The fourth-order valence-corrected chi connectivity index (χ4v) is 13.0. The maximum absolute atomic E-state index is 4.90. The molecule has 0 spiro atoms. The maximum atomic E-state index is 4.90. The quantitative estimate of drug-likeness (QED) is 0.148. The summed E-state index contributed by atoms with van der Waals surface area (Å²) in [4.78, 5) is 4.90. The highest BCUT2D eigenvalue weighted by Gasteiger charge is 2.32. The van der Waals surface area contributed by atoms with Gasteiger partial charge in [-0.25, -0.2) is 0 Å². The van der Waals surface area contributed by atoms with Gasteiger partial charge in [-0.05, 0) is 182 Å². The topological polar surface area (TPSA) is 17.8 Å². The first-order chi connectivity index (χ1) is 39.2. The Morgan fingerprint density at radius 3 is 1.19 bits per heavy atom. The van der Waals surface area contributed by atoms with Gasteiger partial charge in [0, 0.05) is 28.0 Å². The summed E-state index contributed by atoms with van der Waals surface area (Å²) in [6, 6.07) is 105. The normalized spacial score (nSPS) is 11.8. The molecule has 0 amide bonds. The number of nitrogens with zero attached hydrogens (tertiary/aromatic N) is 2. The predicted octanol–water partition coefficient (Wildman–Crippen LogP) is 21.0. The van der Waals surface area contributed by atoms with Gasteiger partial charge in [-0.1, -0.05) is 224 Å². The third-order valence-electron chi connectivity index (χ3n) is 16.5. The Morgan fingerprint density at radius 2 is 0.658 bits per heavy atom. The van der Waals surface area contributed by atoms with E-state index in [2.05, 4.69) is 290 Å². The van der Waals surface area contributed by atoms with Crippen LogP contribution in [0.15, 0.2) is 291 Å². The molecule has 2 nitrogen and oxygen atoms in total. The van der Waals surface area contributed by atoms with Crippen molar-refractivity contribution in [2.24, 2.45) is 0 Å². The molecule has 0 radical (unpaired) electrons. The minimum atomic E-state index is 0.991. The molecular formula is C77H48N2. The zero-order valence-corrected chi connectivity index (χ0v) is 43.1. The van der Waals surface area contributed by atoms with Crippen LogP contribution >= 0.6 is 0 Å². The van der Waals surface area contributed by atoms with Crippen LogP contribution in [0.25, 0.3) is 160 Å². The van der Waals surface area contributed by atoms with E-state index >= 15 is 0 Å². The molecule has 2 heteroatoms. The van der Waals surface area contributed by atoms with E-state index in [1.54, 1.807) is 0 Å². The summed E-state index contributed by atoms with van der Waals surface area (Å²) in [6.07, 6.45) is 2.04. The number of hydrogen-bond acceptors (Lipinski definition) is 1. The Labute approximate surface area is 458 Å². The molecule has 1 aliphatic carbocycles. The smallest absolute Gasteiger partial charge is 0.0723 e. The first-order valence-electron chi connectivity index (χ1n) is 27.3. The first-order valence-corrected chi connectivity index (χ1v) is 27.3. The van der Waals surface area contributed by atoms with E-state index in [0.29, 0.717) is 0 Å². The van der Waals surface area contributed by atoms with E-state index in [1.807, 2.05) is 6.20 Å². The molecule has 366 valence electrons. The minimum absolute atomic E-state index is 0.991. The molecule has 15 aromatic rings. The van der Waals surface area contributed by atoms with Crippen LogP contribution in [0, 0.1) is 0 Å². The van der Waals surface area contributed by atoms with Gasteiger partial charge >= 0.3 is 0 Å². The van der Waals surface area contributed by atoms with Crippen molar-refractivity contribution in [1.29, 1.82) is 0 Å². The van der Waals surface area contributed by atoms with Gasteiger partial charge < -0.3 is 4.57 Å². The second-order valence-electron chi connectivity index (χ2n) is 20.9. The van der Waals surface area contributed by atoms with Crippen LogP contribution in [0.4, 0.5) is 0 Å². The zero-order valence-electron chi connectivity index (χ0n) is 43.1. The molecule has 0 N–H and O–H groups in total. The molecule has 0 bridgehead atoms. The van der Waals surface area contributed by atoms with Gasteiger partial charge in [-0.2, -0.15) is 0 Å². The predicted molar refractivity (Wildman–Crippen MR) is 334 cm³/mol. The number of para-hydroxylation sites is 2. The second kappa shape index (κ2) is 18.1. The van der Waals surface area contributed by atoms with Crippen molar-refractivity contribution in [3.63, 3.8) is 0 Å². The van der Waals surface area contributed by atoms with Crippen molar-refractivity contribution in [3.8, 4) is 106 Å². The summed E-state index contributed by atoms with van der Waals surface area (Å²) < 4.78 is 2.42. The summed E-state index contributed by atoms with van der Waals surface area (Å²) in [5.74, 6) is 0. The van der Waals surface area contributed by atoms with Gasteiger partial charge in [-0.15, -0.1) is 0 Å². The van der Waals surface area contributed by atoms with Gasteiger partial charge in [-0.3, -0.25) is 4.98 Å². The Hall–Kier alpha value is -10.4. The molecule has 0 fully saturated rings. The Balaban J connectivity index is 0.964. The lowest BCUT2D eigenvalue weighted by Crippen LogP contribution is -1.95. The van der Waals surface area contributed by atoms with E-state index in [-0.39, 0.29) is 0 Å². The van der Waals surface area contributed by atoms with Crippen molar-refractivity contribution < 1.29 is 0 Å². The van der Waals surface area contributed by atoms with Crippen LogP contribution in [0.1, 0.15) is 0 Å². The van der Waals surface area contributed by atoms with Crippen LogP contribution in [-0.4, -0.2) is 9.55 Å². The average Bonchev–Trinajstić information content (AvgIpc) is 4.29. The summed E-state index contributed by atoms with van der Waals surface area (Å²) >= 11 is 0. The van der Waals surface area contributed by atoms with Crippen molar-refractivity contribution >= 4 is 54.3 Å². The number of benzene rings is 13. The maximum Gasteiger partial charge on any atom is 0.0723 e. The average molecular weight is 1000 g/mol. The van der Waals surface area contributed by atoms with Crippen molar-refractivity contribution in [3.05, 3.63) is 291 Å². The van der Waals surface area contributed by atoms with Gasteiger partial charge in [0.15, 0.2) is 0 Å². The van der Waals surface area contributed by atoms with Crippen molar-refractivity contribution in [2.45, 2.75) is 0 Å². The highest BCUT2D eigenvalue weighted by Crippen LogP contribution is 2.59. The third-order valence-corrected chi connectivity index (χ3v) is 16.5. The lowest BCUT2D eigenvalue weighted by molar-refractivity contribution is 1.18. The third kappa shape index (κ3) is 7.23. The van der Waals surface area contributed by atoms with Crippen LogP contribution in [0.2, 0.25) is 0 Å². The largest absolute Gasteiger partial charge is 0.309 e. The molecule has 0 unspecified atom stereocenters. The molecule has 2 heterocycles. The molecular weight excluding hydrogens is 953 g/mol. The standard InChI is InChI=1S/C77H48N2/c1-5-20-49(21-6-1)54-42-55(50-22-7-2-8-23-50)45-58(44-54)72-64-29-13-14-30-65(64)73(59-46-56(51-24-9-3-10-25-51)43-57(47-59)52-26-11-4-12-27-52)76-68-41-40-61(63-32-19-33-67(74(63)68)75(72)76)53-36-38-60(39-37-53)79-71-35-18-16-28-62(71)69-48-78-70-34-17-15-31-66(70)77(69)79/h1-48H. The van der Waals surface area contributed by atoms with Crippen LogP contribution in [-0.2, 0) is 0 Å². The summed E-state index contributed by atoms with van der Waals surface area (Å²) in [7, 11) is 0. The fourth-order valence-electron chi connectivity index (χ4n) is 13.0. The SMILES string of the molecule is c1ccc(-c2cc(-c3ccccc3)cc(-c3c4c(c(-c5cc(-c6ccccc6)cc(-c6ccccc6)c5)c5ccccc35)-c3ccc(-c5ccc(-n6c7ccccc7c7cnc8ccccc8c76)cc5)c5cccc-4c35)c2)cc1. The molecule has 0 aliphatic heterocycles. The van der Waals surface area contributed by atoms with Crippen molar-refractivity contribution in [2.75, 3.05) is 0 Å². The number of aromatic nitrogens is 2. The van der Waals surface area contributed by atoms with Crippen LogP contribution in [0.3, 0.4) is 0 Å². The lowest BCUT2D eigenvalue weighted by Gasteiger charge is -2.22. The molecule has 13 aromatic carbocycles. The Kier molecular flexibility index (Phi) is 10.3. The Morgan fingerprint density at radius 1 is 0.241 bits per heavy atom. The van der Waals surface area contributed by atoms with Crippen LogP contribution < -0.4 is 0 Å². The molecule has 0 saturated carbocycles. The zero-order chi connectivity index (χ0) is 52.0. The monoisotopic (exact) mass is 1000 g/mol. The minimum Gasteiger partial charge on any atom is -0.309 e. The number of hydrogen-bond donors (Lipinski definition) is 0. The molecule has 79 heavy (non-hydrogen) atoms. The van der Waals surface area contributed by atoms with E-state index < -0.39 is 0 Å². The van der Waals surface area contributed by atoms with Crippen molar-refractivity contribution in [1.82, 2.24) is 9.55 Å². The lowest BCUT2D eigenvalue weighted by atomic mass is 9.80. The van der Waals surface area contributed by atoms with Gasteiger partial charge in [0.2, 0.25) is 0 Å². The van der Waals surface area contributed by atoms with Gasteiger partial charge in [0.05, 0.1) is 16.6 Å². The number of pyridine rings is 1. The molecule has 2 aromatic heterocycles. The second-order valence-corrected chi connectivity index (χ2v) is 20.9.